The number of fused-ring (bicyclic) bond motifs is 16. The summed E-state index contributed by atoms with van der Waals surface area (Å²) in [5.41, 5.74) is 25.5. The Morgan fingerprint density at radius 1 is 0.318 bits per heavy atom. The van der Waals surface area contributed by atoms with Crippen LogP contribution in [0.25, 0.3) is 77.6 Å². The topological polar surface area (TPSA) is 16.4 Å². The zero-order valence-corrected chi connectivity index (χ0v) is 36.7. The van der Waals surface area contributed by atoms with Gasteiger partial charge in [0.05, 0.1) is 5.41 Å². The molecule has 0 atom stereocenters. The molecule has 0 saturated heterocycles. The summed E-state index contributed by atoms with van der Waals surface area (Å²) in [4.78, 5) is 2.41. The molecule has 66 heavy (non-hydrogen) atoms. The van der Waals surface area contributed by atoms with Crippen molar-refractivity contribution in [2.75, 3.05) is 4.90 Å². The van der Waals surface area contributed by atoms with Crippen LogP contribution in [0.2, 0.25) is 0 Å². The van der Waals surface area contributed by atoms with Crippen LogP contribution >= 0.6 is 0 Å². The minimum Gasteiger partial charge on any atom is -0.456 e. The number of nitrogens with zero attached hydrogens (tertiary/aromatic N) is 1. The smallest absolute Gasteiger partial charge is 0.135 e. The second-order valence-electron chi connectivity index (χ2n) is 18.7. The molecule has 0 unspecified atom stereocenters. The van der Waals surface area contributed by atoms with E-state index in [1.165, 1.54) is 89.0 Å². The van der Waals surface area contributed by atoms with Gasteiger partial charge in [0.15, 0.2) is 0 Å². The van der Waals surface area contributed by atoms with Crippen molar-refractivity contribution in [1.82, 2.24) is 0 Å². The Morgan fingerprint density at radius 2 is 0.803 bits per heavy atom. The molecular weight excluding hydrogens is 799 g/mol. The average Bonchev–Trinajstić information content (AvgIpc) is 4.06. The Morgan fingerprint density at radius 3 is 1.53 bits per heavy atom. The zero-order chi connectivity index (χ0) is 43.7. The lowest BCUT2D eigenvalue weighted by molar-refractivity contribution is 0.660. The van der Waals surface area contributed by atoms with Crippen molar-refractivity contribution in [3.8, 4) is 55.6 Å². The Labute approximate surface area is 384 Å². The van der Waals surface area contributed by atoms with Gasteiger partial charge >= 0.3 is 0 Å². The molecule has 10 aromatic carbocycles. The highest BCUT2D eigenvalue weighted by molar-refractivity contribution is 6.07. The van der Waals surface area contributed by atoms with Gasteiger partial charge in [-0.25, -0.2) is 0 Å². The molecule has 0 saturated carbocycles. The highest BCUT2D eigenvalue weighted by Crippen LogP contribution is 2.64. The third kappa shape index (κ3) is 4.96. The summed E-state index contributed by atoms with van der Waals surface area (Å²) < 4.78 is 6.32. The van der Waals surface area contributed by atoms with Crippen molar-refractivity contribution in [3.63, 3.8) is 0 Å². The molecule has 0 aliphatic heterocycles. The van der Waals surface area contributed by atoms with Crippen molar-refractivity contribution < 1.29 is 4.42 Å². The molecule has 1 heterocycles. The molecule has 2 heteroatoms. The molecule has 2 nitrogen and oxygen atoms in total. The zero-order valence-electron chi connectivity index (χ0n) is 36.7. The lowest BCUT2D eigenvalue weighted by atomic mass is 9.70. The molecule has 0 radical (unpaired) electrons. The summed E-state index contributed by atoms with van der Waals surface area (Å²) >= 11 is 0. The largest absolute Gasteiger partial charge is 0.456 e. The number of para-hydroxylation sites is 1. The molecule has 0 amide bonds. The summed E-state index contributed by atoms with van der Waals surface area (Å²) in [7, 11) is 0. The molecule has 310 valence electrons. The molecule has 0 fully saturated rings. The fourth-order valence-corrected chi connectivity index (χ4v) is 12.3. The first-order valence-electron chi connectivity index (χ1n) is 23.1. The minimum atomic E-state index is -0.392. The van der Waals surface area contributed by atoms with E-state index in [2.05, 4.69) is 237 Å². The van der Waals surface area contributed by atoms with Gasteiger partial charge in [-0.3, -0.25) is 0 Å². The fourth-order valence-electron chi connectivity index (χ4n) is 12.3. The van der Waals surface area contributed by atoms with Crippen LogP contribution in [0.15, 0.2) is 229 Å². The van der Waals surface area contributed by atoms with Crippen molar-refractivity contribution in [2.45, 2.75) is 24.7 Å². The van der Waals surface area contributed by atoms with E-state index in [0.29, 0.717) is 0 Å². The Balaban J connectivity index is 0.922. The number of hydrogen-bond acceptors (Lipinski definition) is 2. The Hall–Kier alpha value is -8.20. The number of hydrogen-bond donors (Lipinski definition) is 0. The maximum absolute atomic E-state index is 6.32. The maximum Gasteiger partial charge on any atom is 0.135 e. The molecule has 1 aromatic heterocycles. The van der Waals surface area contributed by atoms with Crippen LogP contribution in [0.5, 0.6) is 0 Å². The monoisotopic (exact) mass is 841 g/mol. The van der Waals surface area contributed by atoms with Crippen molar-refractivity contribution in [1.29, 1.82) is 0 Å². The molecule has 0 N–H and O–H groups in total. The van der Waals surface area contributed by atoms with Crippen LogP contribution < -0.4 is 4.90 Å². The summed E-state index contributed by atoms with van der Waals surface area (Å²) in [6, 6.07) is 83.2. The van der Waals surface area contributed by atoms with E-state index in [0.717, 1.165) is 39.0 Å². The summed E-state index contributed by atoms with van der Waals surface area (Å²) in [5.74, 6) is 0. The second-order valence-corrected chi connectivity index (χ2v) is 18.7. The van der Waals surface area contributed by atoms with Crippen LogP contribution in [0, 0.1) is 0 Å². The third-order valence-corrected chi connectivity index (χ3v) is 15.1. The van der Waals surface area contributed by atoms with E-state index in [9.17, 15) is 0 Å². The predicted octanol–water partition coefficient (Wildman–Crippen LogP) is 17.0. The minimum absolute atomic E-state index is 0.131. The molecule has 3 aliphatic rings. The van der Waals surface area contributed by atoms with Crippen LogP contribution in [-0.4, -0.2) is 0 Å². The number of benzene rings is 10. The lowest BCUT2D eigenvalue weighted by Gasteiger charge is -2.30. The van der Waals surface area contributed by atoms with Gasteiger partial charge in [-0.05, 0) is 138 Å². The summed E-state index contributed by atoms with van der Waals surface area (Å²) in [6.07, 6.45) is 0. The first-order valence-corrected chi connectivity index (χ1v) is 23.1. The van der Waals surface area contributed by atoms with Crippen molar-refractivity contribution in [3.05, 3.63) is 258 Å². The van der Waals surface area contributed by atoms with E-state index < -0.39 is 5.41 Å². The van der Waals surface area contributed by atoms with Gasteiger partial charge in [-0.2, -0.15) is 0 Å². The van der Waals surface area contributed by atoms with E-state index in [-0.39, 0.29) is 5.41 Å². The number of furan rings is 1. The van der Waals surface area contributed by atoms with Crippen LogP contribution in [0.3, 0.4) is 0 Å². The van der Waals surface area contributed by atoms with E-state index in [4.69, 9.17) is 4.42 Å². The van der Waals surface area contributed by atoms with E-state index >= 15 is 0 Å². The molecule has 0 bridgehead atoms. The van der Waals surface area contributed by atoms with Gasteiger partial charge in [0.25, 0.3) is 0 Å². The lowest BCUT2D eigenvalue weighted by Crippen LogP contribution is -2.25. The normalized spacial score (nSPS) is 14.2. The standard InChI is InChI=1S/C64H43NO/c1-63(2)54-24-10-5-18-46(54)49-36-34-43(39-59(49)63)65(42-35-37-61-53(38-42)50-21-9-14-29-60(50)66-61)41-32-30-40(31-33-41)44-16-3-4-17-45(44)51-23-15-28-58-62(51)52-22-8-13-27-57(52)64(58)55-25-11-6-19-47(55)48-20-7-12-26-56(48)64/h3-39H,1-2H3. The molecule has 3 aliphatic carbocycles. The van der Waals surface area contributed by atoms with Gasteiger partial charge in [-0.1, -0.05) is 190 Å². The maximum atomic E-state index is 6.32. The van der Waals surface area contributed by atoms with Gasteiger partial charge in [0, 0.05) is 33.2 Å². The van der Waals surface area contributed by atoms with Gasteiger partial charge in [-0.15, -0.1) is 0 Å². The number of rotatable bonds is 5. The Bertz CT molecular complexity index is 3760. The van der Waals surface area contributed by atoms with Crippen molar-refractivity contribution >= 4 is 39.0 Å². The molecule has 1 spiro atoms. The van der Waals surface area contributed by atoms with Crippen molar-refractivity contribution in [2.24, 2.45) is 0 Å². The third-order valence-electron chi connectivity index (χ3n) is 15.1. The number of anilines is 3. The summed E-state index contributed by atoms with van der Waals surface area (Å²) in [6.45, 7) is 4.71. The van der Waals surface area contributed by atoms with Gasteiger partial charge in [0.2, 0.25) is 0 Å². The van der Waals surface area contributed by atoms with Gasteiger partial charge < -0.3 is 9.32 Å². The van der Waals surface area contributed by atoms with E-state index in [1.807, 2.05) is 6.07 Å². The SMILES string of the molecule is CC1(C)c2ccccc2-c2ccc(N(c3ccc(-c4ccccc4-c4cccc5c4-c4ccccc4C54c5ccccc5-c5ccccc54)cc3)c3ccc4oc5ccccc5c4c3)cc21. The molecule has 11 aromatic rings. The highest BCUT2D eigenvalue weighted by atomic mass is 16.3. The van der Waals surface area contributed by atoms with Crippen LogP contribution in [0.1, 0.15) is 47.2 Å². The van der Waals surface area contributed by atoms with E-state index in [1.54, 1.807) is 0 Å². The molecule has 14 rings (SSSR count). The average molecular weight is 842 g/mol. The summed E-state index contributed by atoms with van der Waals surface area (Å²) in [5, 5.41) is 2.23. The Kier molecular flexibility index (Phi) is 7.70. The first kappa shape index (κ1) is 37.2. The molecular formula is C64H43NO. The second kappa shape index (κ2) is 13.7. The van der Waals surface area contributed by atoms with Crippen LogP contribution in [0.4, 0.5) is 17.1 Å². The van der Waals surface area contributed by atoms with Crippen LogP contribution in [-0.2, 0) is 10.8 Å². The van der Waals surface area contributed by atoms with Gasteiger partial charge in [0.1, 0.15) is 11.2 Å². The highest BCUT2D eigenvalue weighted by Gasteiger charge is 2.52. The first-order chi connectivity index (χ1) is 32.5. The quantitative estimate of drug-likeness (QED) is 0.172. The predicted molar refractivity (Wildman–Crippen MR) is 273 cm³/mol. The fraction of sp³-hybridized carbons (Fsp3) is 0.0625.